The Hall–Kier alpha value is -4.29. The molecule has 13 heteroatoms. The lowest BCUT2D eigenvalue weighted by atomic mass is 10.1. The summed E-state index contributed by atoms with van der Waals surface area (Å²) in [5, 5.41) is 25.3. The quantitative estimate of drug-likeness (QED) is 0.463. The highest BCUT2D eigenvalue weighted by Crippen LogP contribution is 2.27. The van der Waals surface area contributed by atoms with Gasteiger partial charge in [-0.2, -0.15) is 18.3 Å². The lowest BCUT2D eigenvalue weighted by Crippen LogP contribution is -2.35. The number of alkyl halides is 3. The number of nitrogens with one attached hydrogen (secondary N) is 1. The van der Waals surface area contributed by atoms with Crippen LogP contribution in [0.15, 0.2) is 48.7 Å². The number of carboxylic acid groups (broad SMARTS) is 1. The number of non-ortho nitro benzene ring substituents is 1. The van der Waals surface area contributed by atoms with Gasteiger partial charge in [0, 0.05) is 36.0 Å². The molecule has 0 aliphatic carbocycles. The first kappa shape index (κ1) is 22.4. The van der Waals surface area contributed by atoms with Crippen molar-refractivity contribution in [2.75, 3.05) is 6.54 Å². The van der Waals surface area contributed by atoms with Gasteiger partial charge in [-0.1, -0.05) is 12.1 Å². The Morgan fingerprint density at radius 3 is 2.47 bits per heavy atom. The zero-order valence-corrected chi connectivity index (χ0v) is 16.0. The highest BCUT2D eigenvalue weighted by Gasteiger charge is 2.38. The van der Waals surface area contributed by atoms with Gasteiger partial charge in [0.25, 0.3) is 11.6 Å². The van der Waals surface area contributed by atoms with Gasteiger partial charge in [0.15, 0.2) is 0 Å². The normalized spacial score (nSPS) is 12.8. The van der Waals surface area contributed by atoms with E-state index in [4.69, 9.17) is 9.90 Å². The van der Waals surface area contributed by atoms with Crippen LogP contribution in [0, 0.1) is 10.1 Å². The lowest BCUT2D eigenvalue weighted by molar-refractivity contribution is -0.384. The molecule has 10 nitrogen and oxygen atoms in total. The van der Waals surface area contributed by atoms with Gasteiger partial charge in [0.2, 0.25) is 0 Å². The summed E-state index contributed by atoms with van der Waals surface area (Å²) < 4.78 is 33.4. The molecule has 1 amide bonds. The second-order valence-corrected chi connectivity index (χ2v) is 6.43. The van der Waals surface area contributed by atoms with E-state index >= 15 is 0 Å². The SMILES string of the molecule is O=C(O)C(F)(F)F.O=C1NCCn2nc(-c3ccnc(-c4cccc([N+](=O)[O-])c4)c3)cc21. The molecule has 166 valence electrons. The second kappa shape index (κ2) is 8.83. The fraction of sp³-hybridized carbons (Fsp3) is 0.158. The minimum atomic E-state index is -5.08. The van der Waals surface area contributed by atoms with Crippen LogP contribution in [0.5, 0.6) is 0 Å². The van der Waals surface area contributed by atoms with Crippen molar-refractivity contribution in [3.05, 3.63) is 64.5 Å². The van der Waals surface area contributed by atoms with Gasteiger partial charge in [-0.3, -0.25) is 24.6 Å². The van der Waals surface area contributed by atoms with Crippen LogP contribution >= 0.6 is 0 Å². The van der Waals surface area contributed by atoms with Crippen LogP contribution in [-0.2, 0) is 11.3 Å². The molecular weight excluding hydrogens is 435 g/mol. The predicted octanol–water partition coefficient (Wildman–Crippen LogP) is 2.90. The molecule has 1 aliphatic heterocycles. The van der Waals surface area contributed by atoms with Crippen molar-refractivity contribution in [1.82, 2.24) is 20.1 Å². The first-order valence-electron chi connectivity index (χ1n) is 8.93. The molecule has 0 fully saturated rings. The zero-order chi connectivity index (χ0) is 23.5. The van der Waals surface area contributed by atoms with Crippen LogP contribution in [0.2, 0.25) is 0 Å². The topological polar surface area (TPSA) is 140 Å². The number of nitro groups is 1. The standard InChI is InChI=1S/C17H13N5O3.C2HF3O2/c23-17-16-10-15(20-21(16)7-6-19-17)12-4-5-18-14(9-12)11-2-1-3-13(8-11)22(24)25;3-2(4,5)1(6)7/h1-5,8-10H,6-7H2,(H,19,23);(H,6,7). The molecule has 0 bridgehead atoms. The van der Waals surface area contributed by atoms with Gasteiger partial charge < -0.3 is 10.4 Å². The van der Waals surface area contributed by atoms with Crippen LogP contribution in [0.1, 0.15) is 10.5 Å². The van der Waals surface area contributed by atoms with Gasteiger partial charge in [0.1, 0.15) is 5.69 Å². The first-order valence-corrected chi connectivity index (χ1v) is 8.93. The largest absolute Gasteiger partial charge is 0.490 e. The minimum Gasteiger partial charge on any atom is -0.475 e. The number of nitrogens with zero attached hydrogens (tertiary/aromatic N) is 4. The van der Waals surface area contributed by atoms with Crippen LogP contribution in [0.25, 0.3) is 22.5 Å². The van der Waals surface area contributed by atoms with Gasteiger partial charge in [-0.15, -0.1) is 0 Å². The van der Waals surface area contributed by atoms with Crippen molar-refractivity contribution >= 4 is 17.6 Å². The average molecular weight is 449 g/mol. The molecule has 0 spiro atoms. The number of aliphatic carboxylic acids is 1. The van der Waals surface area contributed by atoms with Crippen molar-refractivity contribution in [3.63, 3.8) is 0 Å². The summed E-state index contributed by atoms with van der Waals surface area (Å²) >= 11 is 0. The molecule has 0 radical (unpaired) electrons. The van der Waals surface area contributed by atoms with Crippen LogP contribution in [0.4, 0.5) is 18.9 Å². The summed E-state index contributed by atoms with van der Waals surface area (Å²) in [7, 11) is 0. The highest BCUT2D eigenvalue weighted by atomic mass is 19.4. The maximum Gasteiger partial charge on any atom is 0.490 e. The summed E-state index contributed by atoms with van der Waals surface area (Å²) in [6.45, 7) is 1.19. The number of hydrogen-bond acceptors (Lipinski definition) is 6. The summed E-state index contributed by atoms with van der Waals surface area (Å²) in [5.41, 5.74) is 3.26. The van der Waals surface area contributed by atoms with Crippen LogP contribution in [-0.4, -0.2) is 49.4 Å². The van der Waals surface area contributed by atoms with Crippen LogP contribution < -0.4 is 5.32 Å². The Labute approximate surface area is 177 Å². The van der Waals surface area contributed by atoms with Gasteiger partial charge in [-0.25, -0.2) is 4.79 Å². The summed E-state index contributed by atoms with van der Waals surface area (Å²) in [4.78, 5) is 35.6. The number of pyridine rings is 1. The molecule has 0 saturated carbocycles. The van der Waals surface area contributed by atoms with E-state index in [0.29, 0.717) is 35.7 Å². The van der Waals surface area contributed by atoms with Crippen molar-refractivity contribution in [1.29, 1.82) is 0 Å². The number of carboxylic acids is 1. The van der Waals surface area contributed by atoms with E-state index in [1.54, 1.807) is 35.1 Å². The minimum absolute atomic E-state index is 0.0128. The number of aromatic nitrogens is 3. The van der Waals surface area contributed by atoms with Crippen molar-refractivity contribution in [2.24, 2.45) is 0 Å². The molecule has 2 aromatic heterocycles. The molecule has 1 aromatic carbocycles. The average Bonchev–Trinajstić information content (AvgIpc) is 3.20. The third-order valence-electron chi connectivity index (χ3n) is 4.27. The van der Waals surface area contributed by atoms with Gasteiger partial charge >= 0.3 is 12.1 Å². The number of benzene rings is 1. The number of hydrogen-bond donors (Lipinski definition) is 2. The number of carbonyl (C=O) groups excluding carboxylic acids is 1. The Morgan fingerprint density at radius 2 is 1.84 bits per heavy atom. The van der Waals surface area contributed by atoms with E-state index in [0.717, 1.165) is 5.56 Å². The molecule has 0 atom stereocenters. The van der Waals surface area contributed by atoms with E-state index in [1.165, 1.54) is 12.1 Å². The maximum atomic E-state index is 11.9. The van der Waals surface area contributed by atoms with Crippen molar-refractivity contribution < 1.29 is 32.8 Å². The fourth-order valence-electron chi connectivity index (χ4n) is 2.80. The Bertz CT molecular complexity index is 1190. The molecule has 3 heterocycles. The number of carbonyl (C=O) groups is 2. The second-order valence-electron chi connectivity index (χ2n) is 6.43. The van der Waals surface area contributed by atoms with E-state index < -0.39 is 17.1 Å². The van der Waals surface area contributed by atoms with E-state index in [9.17, 15) is 28.1 Å². The Morgan fingerprint density at radius 1 is 1.16 bits per heavy atom. The number of amides is 1. The number of halogens is 3. The third kappa shape index (κ3) is 5.06. The molecule has 0 saturated heterocycles. The maximum absolute atomic E-state index is 11.9. The molecule has 1 aliphatic rings. The van der Waals surface area contributed by atoms with E-state index in [2.05, 4.69) is 15.4 Å². The lowest BCUT2D eigenvalue weighted by Gasteiger charge is -2.13. The van der Waals surface area contributed by atoms with E-state index in [1.807, 2.05) is 6.07 Å². The summed E-state index contributed by atoms with van der Waals surface area (Å²) in [6, 6.07) is 11.7. The predicted molar refractivity (Wildman–Crippen MR) is 104 cm³/mol. The fourth-order valence-corrected chi connectivity index (χ4v) is 2.80. The first-order chi connectivity index (χ1) is 15.1. The van der Waals surface area contributed by atoms with E-state index in [-0.39, 0.29) is 11.6 Å². The van der Waals surface area contributed by atoms with Gasteiger partial charge in [-0.05, 0) is 18.2 Å². The van der Waals surface area contributed by atoms with Crippen molar-refractivity contribution in [2.45, 2.75) is 12.7 Å². The summed E-state index contributed by atoms with van der Waals surface area (Å²) in [5.74, 6) is -2.90. The smallest absolute Gasteiger partial charge is 0.475 e. The van der Waals surface area contributed by atoms with Crippen LogP contribution in [0.3, 0.4) is 0 Å². The molecule has 4 rings (SSSR count). The third-order valence-corrected chi connectivity index (χ3v) is 4.27. The van der Waals surface area contributed by atoms with Gasteiger partial charge in [0.05, 0.1) is 22.9 Å². The zero-order valence-electron chi connectivity index (χ0n) is 16.0. The Kier molecular flexibility index (Phi) is 6.18. The molecular formula is C19H14F3N5O5. The summed E-state index contributed by atoms with van der Waals surface area (Å²) in [6.07, 6.45) is -3.46. The van der Waals surface area contributed by atoms with Crippen molar-refractivity contribution in [3.8, 4) is 22.5 Å². The highest BCUT2D eigenvalue weighted by molar-refractivity contribution is 5.94. The monoisotopic (exact) mass is 449 g/mol. The molecule has 2 N–H and O–H groups in total. The Balaban J connectivity index is 0.000000360. The molecule has 0 unspecified atom stereocenters. The number of nitro benzene ring substituents is 1. The number of rotatable bonds is 3. The number of fused-ring (bicyclic) bond motifs is 1. The molecule has 3 aromatic rings. The molecule has 32 heavy (non-hydrogen) atoms.